The van der Waals surface area contributed by atoms with Crippen LogP contribution in [0.15, 0.2) is 16.5 Å². The Kier molecular flexibility index (Phi) is 2.92. The van der Waals surface area contributed by atoms with E-state index in [2.05, 4.69) is 31.3 Å². The molecule has 0 bridgehead atoms. The molecule has 2 atom stereocenters. The van der Waals surface area contributed by atoms with E-state index in [0.29, 0.717) is 11.8 Å². The predicted molar refractivity (Wildman–Crippen MR) is 57.6 cm³/mol. The summed E-state index contributed by atoms with van der Waals surface area (Å²) in [4.78, 5) is 0. The lowest BCUT2D eigenvalue weighted by molar-refractivity contribution is 0.414. The summed E-state index contributed by atoms with van der Waals surface area (Å²) in [6.45, 7) is 6.62. The molecule has 0 saturated carbocycles. The van der Waals surface area contributed by atoms with Gasteiger partial charge in [0.15, 0.2) is 0 Å². The number of furan rings is 1. The lowest BCUT2D eigenvalue weighted by atomic mass is 10.1. The fourth-order valence-corrected chi connectivity index (χ4v) is 1.95. The van der Waals surface area contributed by atoms with Crippen LogP contribution in [0.5, 0.6) is 0 Å². The molecule has 2 nitrogen and oxygen atoms in total. The number of hydrogen-bond acceptors (Lipinski definition) is 2. The second kappa shape index (κ2) is 4.18. The highest BCUT2D eigenvalue weighted by Gasteiger charge is 2.20. The molecule has 1 aliphatic heterocycles. The van der Waals surface area contributed by atoms with Gasteiger partial charge in [-0.15, -0.1) is 0 Å². The Bertz CT molecular complexity index is 286. The van der Waals surface area contributed by atoms with Crippen molar-refractivity contribution in [2.75, 3.05) is 13.1 Å². The highest BCUT2D eigenvalue weighted by atomic mass is 16.3. The minimum absolute atomic E-state index is 0.554. The van der Waals surface area contributed by atoms with Crippen LogP contribution in [-0.4, -0.2) is 13.1 Å². The summed E-state index contributed by atoms with van der Waals surface area (Å²) in [5, 5.41) is 3.36. The van der Waals surface area contributed by atoms with Crippen molar-refractivity contribution in [1.82, 2.24) is 5.32 Å². The van der Waals surface area contributed by atoms with E-state index < -0.39 is 0 Å². The molecule has 1 aromatic heterocycles. The van der Waals surface area contributed by atoms with Crippen LogP contribution in [-0.2, 0) is 0 Å². The first-order valence-corrected chi connectivity index (χ1v) is 5.61. The van der Waals surface area contributed by atoms with Gasteiger partial charge in [0, 0.05) is 18.4 Å². The van der Waals surface area contributed by atoms with Gasteiger partial charge in [0.05, 0.1) is 0 Å². The third kappa shape index (κ3) is 1.85. The first kappa shape index (κ1) is 9.78. The predicted octanol–water partition coefficient (Wildman–Crippen LogP) is 2.87. The Morgan fingerprint density at radius 2 is 2.43 bits per heavy atom. The van der Waals surface area contributed by atoms with Crippen molar-refractivity contribution >= 4 is 0 Å². The molecule has 2 heterocycles. The van der Waals surface area contributed by atoms with Crippen LogP contribution in [0.1, 0.15) is 50.0 Å². The molecule has 0 radical (unpaired) electrons. The van der Waals surface area contributed by atoms with Gasteiger partial charge in [-0.05, 0) is 31.5 Å². The van der Waals surface area contributed by atoms with Crippen molar-refractivity contribution in [1.29, 1.82) is 0 Å². The van der Waals surface area contributed by atoms with Crippen LogP contribution in [0.25, 0.3) is 0 Å². The normalized spacial score (nSPS) is 24.0. The molecule has 14 heavy (non-hydrogen) atoms. The molecule has 0 spiro atoms. The molecule has 0 amide bonds. The average Bonchev–Trinajstić information content (AvgIpc) is 2.86. The topological polar surface area (TPSA) is 25.2 Å². The lowest BCUT2D eigenvalue weighted by Gasteiger charge is -2.06. The highest BCUT2D eigenvalue weighted by Crippen LogP contribution is 2.28. The molecule has 1 aromatic rings. The third-order valence-electron chi connectivity index (χ3n) is 3.21. The Morgan fingerprint density at radius 3 is 3.07 bits per heavy atom. The standard InChI is InChI=1S/C12H19NO/c1-3-9(2)11-4-5-12(14-11)10-6-7-13-8-10/h4-5,9-10,13H,3,6-8H2,1-2H3. The van der Waals surface area contributed by atoms with Gasteiger partial charge in [0.25, 0.3) is 0 Å². The van der Waals surface area contributed by atoms with E-state index in [1.165, 1.54) is 12.2 Å². The second-order valence-corrected chi connectivity index (χ2v) is 4.24. The average molecular weight is 193 g/mol. The number of hydrogen-bond donors (Lipinski definition) is 1. The van der Waals surface area contributed by atoms with Gasteiger partial charge in [-0.3, -0.25) is 0 Å². The molecular weight excluding hydrogens is 174 g/mol. The summed E-state index contributed by atoms with van der Waals surface area (Å²) >= 11 is 0. The molecule has 0 aliphatic carbocycles. The maximum absolute atomic E-state index is 5.88. The van der Waals surface area contributed by atoms with Crippen molar-refractivity contribution in [2.45, 2.75) is 38.5 Å². The van der Waals surface area contributed by atoms with E-state index in [0.717, 1.165) is 25.3 Å². The van der Waals surface area contributed by atoms with E-state index in [4.69, 9.17) is 4.42 Å². The summed E-state index contributed by atoms with van der Waals surface area (Å²) in [6.07, 6.45) is 2.36. The van der Waals surface area contributed by atoms with Crippen LogP contribution >= 0.6 is 0 Å². The largest absolute Gasteiger partial charge is 0.465 e. The maximum atomic E-state index is 5.88. The minimum atomic E-state index is 0.554. The van der Waals surface area contributed by atoms with Crippen molar-refractivity contribution in [3.63, 3.8) is 0 Å². The van der Waals surface area contributed by atoms with Gasteiger partial charge >= 0.3 is 0 Å². The van der Waals surface area contributed by atoms with Crippen LogP contribution in [0, 0.1) is 0 Å². The summed E-state index contributed by atoms with van der Waals surface area (Å²) in [5.74, 6) is 3.48. The highest BCUT2D eigenvalue weighted by molar-refractivity contribution is 5.15. The molecule has 1 N–H and O–H groups in total. The minimum Gasteiger partial charge on any atom is -0.465 e. The molecule has 1 fully saturated rings. The summed E-state index contributed by atoms with van der Waals surface area (Å²) < 4.78 is 5.88. The SMILES string of the molecule is CCC(C)c1ccc(C2CCNC2)o1. The molecule has 78 valence electrons. The monoisotopic (exact) mass is 193 g/mol. The summed E-state index contributed by atoms with van der Waals surface area (Å²) in [6, 6.07) is 4.29. The van der Waals surface area contributed by atoms with E-state index >= 15 is 0 Å². The number of rotatable bonds is 3. The molecular formula is C12H19NO. The van der Waals surface area contributed by atoms with E-state index in [9.17, 15) is 0 Å². The molecule has 2 unspecified atom stereocenters. The van der Waals surface area contributed by atoms with Crippen LogP contribution in [0.3, 0.4) is 0 Å². The van der Waals surface area contributed by atoms with Crippen molar-refractivity contribution in [2.24, 2.45) is 0 Å². The first-order chi connectivity index (χ1) is 6.81. The number of nitrogens with one attached hydrogen (secondary N) is 1. The summed E-state index contributed by atoms with van der Waals surface area (Å²) in [5.41, 5.74) is 0. The quantitative estimate of drug-likeness (QED) is 0.798. The fourth-order valence-electron chi connectivity index (χ4n) is 1.95. The maximum Gasteiger partial charge on any atom is 0.108 e. The van der Waals surface area contributed by atoms with Gasteiger partial charge in [-0.2, -0.15) is 0 Å². The zero-order valence-electron chi connectivity index (χ0n) is 9.05. The van der Waals surface area contributed by atoms with Crippen molar-refractivity contribution in [3.05, 3.63) is 23.7 Å². The molecule has 1 saturated heterocycles. The van der Waals surface area contributed by atoms with Gasteiger partial charge in [0.1, 0.15) is 11.5 Å². The first-order valence-electron chi connectivity index (χ1n) is 5.61. The van der Waals surface area contributed by atoms with E-state index in [1.807, 2.05) is 0 Å². The van der Waals surface area contributed by atoms with E-state index in [-0.39, 0.29) is 0 Å². The summed E-state index contributed by atoms with van der Waals surface area (Å²) in [7, 11) is 0. The van der Waals surface area contributed by atoms with Crippen LogP contribution in [0.2, 0.25) is 0 Å². The second-order valence-electron chi connectivity index (χ2n) is 4.24. The lowest BCUT2D eigenvalue weighted by Crippen LogP contribution is -2.07. The Balaban J connectivity index is 2.08. The van der Waals surface area contributed by atoms with Crippen molar-refractivity contribution < 1.29 is 4.42 Å². The Labute approximate surface area is 85.7 Å². The van der Waals surface area contributed by atoms with Gasteiger partial charge < -0.3 is 9.73 Å². The third-order valence-corrected chi connectivity index (χ3v) is 3.21. The Morgan fingerprint density at radius 1 is 1.57 bits per heavy atom. The molecule has 2 rings (SSSR count). The van der Waals surface area contributed by atoms with Crippen LogP contribution < -0.4 is 5.32 Å². The zero-order valence-corrected chi connectivity index (χ0v) is 9.05. The van der Waals surface area contributed by atoms with Crippen LogP contribution in [0.4, 0.5) is 0 Å². The van der Waals surface area contributed by atoms with Gasteiger partial charge in [0.2, 0.25) is 0 Å². The molecule has 2 heteroatoms. The zero-order chi connectivity index (χ0) is 9.97. The smallest absolute Gasteiger partial charge is 0.108 e. The molecule has 0 aromatic carbocycles. The van der Waals surface area contributed by atoms with Gasteiger partial charge in [-0.1, -0.05) is 13.8 Å². The fraction of sp³-hybridized carbons (Fsp3) is 0.667. The van der Waals surface area contributed by atoms with Crippen molar-refractivity contribution in [3.8, 4) is 0 Å². The van der Waals surface area contributed by atoms with E-state index in [1.54, 1.807) is 0 Å². The molecule has 1 aliphatic rings. The Hall–Kier alpha value is -0.760. The van der Waals surface area contributed by atoms with Gasteiger partial charge in [-0.25, -0.2) is 0 Å².